The first-order valence-electron chi connectivity index (χ1n) is 4.99. The zero-order chi connectivity index (χ0) is 14.0. The summed E-state index contributed by atoms with van der Waals surface area (Å²) >= 11 is 0.805. The number of aromatic carboxylic acids is 1. The number of carboxylic acids is 1. The fourth-order valence-electron chi connectivity index (χ4n) is 1.43. The van der Waals surface area contributed by atoms with Crippen molar-refractivity contribution in [2.24, 2.45) is 0 Å². The van der Waals surface area contributed by atoms with Gasteiger partial charge in [0.05, 0.1) is 5.69 Å². The molecule has 0 atom stereocenters. The smallest absolute Gasteiger partial charge is 0.347 e. The van der Waals surface area contributed by atoms with Gasteiger partial charge in [0.15, 0.2) is 0 Å². The molecule has 0 saturated carbocycles. The van der Waals surface area contributed by atoms with E-state index >= 15 is 0 Å². The third kappa shape index (κ3) is 2.91. The summed E-state index contributed by atoms with van der Waals surface area (Å²) in [7, 11) is -4.05. The Bertz CT molecular complexity index is 724. The monoisotopic (exact) mass is 301 g/mol. The van der Waals surface area contributed by atoms with Gasteiger partial charge in [-0.25, -0.2) is 17.6 Å². The van der Waals surface area contributed by atoms with Gasteiger partial charge in [0, 0.05) is 0 Å². The van der Waals surface area contributed by atoms with Crippen molar-refractivity contribution in [2.45, 2.75) is 4.90 Å². The van der Waals surface area contributed by atoms with Gasteiger partial charge < -0.3 is 5.11 Å². The minimum absolute atomic E-state index is 0.0301. The van der Waals surface area contributed by atoms with Crippen LogP contribution in [0.5, 0.6) is 0 Å². The largest absolute Gasteiger partial charge is 0.477 e. The zero-order valence-electron chi connectivity index (χ0n) is 9.33. The van der Waals surface area contributed by atoms with Gasteiger partial charge in [-0.1, -0.05) is 6.07 Å². The molecule has 1 aromatic heterocycles. The van der Waals surface area contributed by atoms with Crippen molar-refractivity contribution in [1.82, 2.24) is 0 Å². The van der Waals surface area contributed by atoms with Crippen LogP contribution >= 0.6 is 11.3 Å². The van der Waals surface area contributed by atoms with Crippen LogP contribution in [0, 0.1) is 5.82 Å². The molecule has 0 spiro atoms. The molecule has 0 fully saturated rings. The Morgan fingerprint density at radius 1 is 1.32 bits per heavy atom. The quantitative estimate of drug-likeness (QED) is 0.908. The summed E-state index contributed by atoms with van der Waals surface area (Å²) in [6.45, 7) is 0. The Balaban J connectivity index is 2.38. The molecule has 0 unspecified atom stereocenters. The number of hydrogen-bond donors (Lipinski definition) is 2. The van der Waals surface area contributed by atoms with Gasteiger partial charge in [-0.2, -0.15) is 0 Å². The number of nitrogens with one attached hydrogen (secondary N) is 1. The number of sulfonamides is 1. The third-order valence-corrected chi connectivity index (χ3v) is 4.64. The van der Waals surface area contributed by atoms with E-state index in [0.29, 0.717) is 0 Å². The average molecular weight is 301 g/mol. The first kappa shape index (κ1) is 13.5. The van der Waals surface area contributed by atoms with Crippen LogP contribution in [0.2, 0.25) is 0 Å². The summed E-state index contributed by atoms with van der Waals surface area (Å²) in [4.78, 5) is 10.3. The van der Waals surface area contributed by atoms with E-state index in [1.165, 1.54) is 29.6 Å². The molecule has 0 aliphatic carbocycles. The van der Waals surface area contributed by atoms with Crippen molar-refractivity contribution in [3.63, 3.8) is 0 Å². The van der Waals surface area contributed by atoms with Crippen LogP contribution in [0.25, 0.3) is 0 Å². The number of hydrogen-bond acceptors (Lipinski definition) is 4. The summed E-state index contributed by atoms with van der Waals surface area (Å²) in [5, 5.41) is 10.3. The van der Waals surface area contributed by atoms with Gasteiger partial charge in [-0.15, -0.1) is 11.3 Å². The van der Waals surface area contributed by atoms with E-state index in [4.69, 9.17) is 5.11 Å². The number of thiophene rings is 1. The second-order valence-corrected chi connectivity index (χ2v) is 6.10. The Morgan fingerprint density at radius 3 is 2.68 bits per heavy atom. The van der Waals surface area contributed by atoms with Gasteiger partial charge in [0.1, 0.15) is 15.6 Å². The first-order valence-corrected chi connectivity index (χ1v) is 7.35. The van der Waals surface area contributed by atoms with Crippen molar-refractivity contribution in [3.05, 3.63) is 46.4 Å². The topological polar surface area (TPSA) is 83.5 Å². The van der Waals surface area contributed by atoms with Crippen molar-refractivity contribution in [3.8, 4) is 0 Å². The van der Waals surface area contributed by atoms with E-state index in [1.807, 2.05) is 0 Å². The molecule has 8 heteroatoms. The number of benzene rings is 1. The van der Waals surface area contributed by atoms with Crippen molar-refractivity contribution >= 4 is 33.0 Å². The van der Waals surface area contributed by atoms with Crippen LogP contribution in [-0.4, -0.2) is 19.5 Å². The lowest BCUT2D eigenvalue weighted by atomic mass is 10.3. The first-order chi connectivity index (χ1) is 8.90. The van der Waals surface area contributed by atoms with E-state index in [0.717, 1.165) is 17.4 Å². The molecule has 2 N–H and O–H groups in total. The molecule has 0 saturated heterocycles. The summed E-state index contributed by atoms with van der Waals surface area (Å²) in [6, 6.07) is 6.08. The second-order valence-electron chi connectivity index (χ2n) is 3.53. The van der Waals surface area contributed by atoms with Crippen LogP contribution < -0.4 is 4.72 Å². The lowest BCUT2D eigenvalue weighted by Gasteiger charge is -2.07. The molecule has 2 rings (SSSR count). The minimum atomic E-state index is -4.05. The predicted molar refractivity (Wildman–Crippen MR) is 68.5 cm³/mol. The Hall–Kier alpha value is -1.93. The van der Waals surface area contributed by atoms with Crippen LogP contribution in [0.1, 0.15) is 9.67 Å². The van der Waals surface area contributed by atoms with Gasteiger partial charge >= 0.3 is 5.97 Å². The maximum absolute atomic E-state index is 13.0. The van der Waals surface area contributed by atoms with Gasteiger partial charge in [-0.3, -0.25) is 4.72 Å². The normalized spacial score (nSPS) is 11.2. The summed E-state index contributed by atoms with van der Waals surface area (Å²) in [5.41, 5.74) is 0.0301. The molecular formula is C11H8FNO4S2. The summed E-state index contributed by atoms with van der Waals surface area (Å²) in [5.74, 6) is -1.92. The molecule has 0 amide bonds. The van der Waals surface area contributed by atoms with Crippen molar-refractivity contribution in [1.29, 1.82) is 0 Å². The molecule has 2 aromatic rings. The molecule has 1 heterocycles. The average Bonchev–Trinajstić information content (AvgIpc) is 2.77. The SMILES string of the molecule is O=C(O)c1sccc1S(=O)(=O)Nc1cccc(F)c1. The Kier molecular flexibility index (Phi) is 3.54. The van der Waals surface area contributed by atoms with Gasteiger partial charge in [-0.05, 0) is 29.6 Å². The molecule has 0 aliphatic heterocycles. The lowest BCUT2D eigenvalue weighted by Crippen LogP contribution is -2.15. The van der Waals surface area contributed by atoms with Crippen molar-refractivity contribution < 1.29 is 22.7 Å². The highest BCUT2D eigenvalue weighted by Crippen LogP contribution is 2.24. The molecule has 5 nitrogen and oxygen atoms in total. The molecule has 0 aliphatic rings. The van der Waals surface area contributed by atoms with Gasteiger partial charge in [0.25, 0.3) is 10.0 Å². The second kappa shape index (κ2) is 4.98. The Labute approximate surface area is 112 Å². The highest BCUT2D eigenvalue weighted by atomic mass is 32.2. The number of halogens is 1. The Morgan fingerprint density at radius 2 is 2.05 bits per heavy atom. The van der Waals surface area contributed by atoms with E-state index in [1.54, 1.807) is 0 Å². The maximum atomic E-state index is 13.0. The molecular weight excluding hydrogens is 293 g/mol. The minimum Gasteiger partial charge on any atom is -0.477 e. The van der Waals surface area contributed by atoms with Crippen molar-refractivity contribution in [2.75, 3.05) is 4.72 Å². The fourth-order valence-corrected chi connectivity index (χ4v) is 3.74. The fraction of sp³-hybridized carbons (Fsp3) is 0. The number of rotatable bonds is 4. The molecule has 0 bridgehead atoms. The maximum Gasteiger partial charge on any atom is 0.347 e. The van der Waals surface area contributed by atoms with E-state index in [-0.39, 0.29) is 15.5 Å². The highest BCUT2D eigenvalue weighted by molar-refractivity contribution is 7.93. The van der Waals surface area contributed by atoms with E-state index < -0.39 is 21.8 Å². The van der Waals surface area contributed by atoms with Crippen LogP contribution in [-0.2, 0) is 10.0 Å². The molecule has 19 heavy (non-hydrogen) atoms. The highest BCUT2D eigenvalue weighted by Gasteiger charge is 2.23. The van der Waals surface area contributed by atoms with E-state index in [9.17, 15) is 17.6 Å². The lowest BCUT2D eigenvalue weighted by molar-refractivity contribution is 0.0698. The van der Waals surface area contributed by atoms with Crippen LogP contribution in [0.15, 0.2) is 40.6 Å². The molecule has 0 radical (unpaired) electrons. The number of carboxylic acid groups (broad SMARTS) is 1. The molecule has 1 aromatic carbocycles. The summed E-state index contributed by atoms with van der Waals surface area (Å²) in [6.07, 6.45) is 0. The summed E-state index contributed by atoms with van der Waals surface area (Å²) < 4.78 is 39.1. The molecule has 100 valence electrons. The number of carbonyl (C=O) groups is 1. The van der Waals surface area contributed by atoms with Crippen LogP contribution in [0.3, 0.4) is 0 Å². The number of anilines is 1. The zero-order valence-corrected chi connectivity index (χ0v) is 11.0. The predicted octanol–water partition coefficient (Wildman–Crippen LogP) is 2.39. The third-order valence-electron chi connectivity index (χ3n) is 2.19. The van der Waals surface area contributed by atoms with Crippen LogP contribution in [0.4, 0.5) is 10.1 Å². The van der Waals surface area contributed by atoms with E-state index in [2.05, 4.69) is 4.72 Å². The van der Waals surface area contributed by atoms with Gasteiger partial charge in [0.2, 0.25) is 0 Å². The standard InChI is InChI=1S/C11H8FNO4S2/c12-7-2-1-3-8(6-7)13-19(16,17)9-4-5-18-10(9)11(14)15/h1-6,13H,(H,14,15).